The molecule has 0 bridgehead atoms. The molecule has 6 heteroatoms. The molecule has 2 N–H and O–H groups in total. The number of carbonyl (C=O) groups is 1. The Morgan fingerprint density at radius 1 is 1.04 bits per heavy atom. The van der Waals surface area contributed by atoms with Gasteiger partial charge in [-0.05, 0) is 41.3 Å². The van der Waals surface area contributed by atoms with Crippen LogP contribution in [0.25, 0.3) is 11.6 Å². The van der Waals surface area contributed by atoms with Gasteiger partial charge in [-0.15, -0.1) is 0 Å². The Morgan fingerprint density at radius 2 is 1.78 bits per heavy atom. The van der Waals surface area contributed by atoms with Crippen molar-refractivity contribution in [3.8, 4) is 0 Å². The highest BCUT2D eigenvalue weighted by Crippen LogP contribution is 2.48. The summed E-state index contributed by atoms with van der Waals surface area (Å²) in [6.07, 6.45) is -3.01. The summed E-state index contributed by atoms with van der Waals surface area (Å²) in [5, 5.41) is 0. The number of halogens is 4. The number of benzene rings is 2. The molecule has 0 heterocycles. The van der Waals surface area contributed by atoms with Gasteiger partial charge in [-0.25, -0.2) is 4.39 Å². The van der Waals surface area contributed by atoms with Crippen LogP contribution in [0.1, 0.15) is 34.6 Å². The summed E-state index contributed by atoms with van der Waals surface area (Å²) in [7, 11) is 0. The average Bonchev–Trinajstić information content (AvgIpc) is 3.09. The smallest absolute Gasteiger partial charge is 0.401 e. The van der Waals surface area contributed by atoms with Gasteiger partial charge in [0, 0.05) is 23.1 Å². The highest BCUT2D eigenvalue weighted by molar-refractivity contribution is 6.25. The van der Waals surface area contributed by atoms with Crippen molar-refractivity contribution in [1.82, 2.24) is 0 Å². The van der Waals surface area contributed by atoms with Gasteiger partial charge in [0.2, 0.25) is 0 Å². The number of rotatable bonds is 2. The third kappa shape index (κ3) is 2.85. The third-order valence-electron chi connectivity index (χ3n) is 5.15. The fourth-order valence-corrected chi connectivity index (χ4v) is 3.94. The first-order valence-electron chi connectivity index (χ1n) is 8.44. The Labute approximate surface area is 153 Å². The van der Waals surface area contributed by atoms with Crippen molar-refractivity contribution in [2.24, 2.45) is 11.7 Å². The molecular formula is C21H15F4NO. The predicted octanol–water partition coefficient (Wildman–Crippen LogP) is 5.07. The summed E-state index contributed by atoms with van der Waals surface area (Å²) >= 11 is 0. The van der Waals surface area contributed by atoms with Gasteiger partial charge in [0.15, 0.2) is 5.78 Å². The third-order valence-corrected chi connectivity index (χ3v) is 5.15. The molecule has 0 saturated carbocycles. The van der Waals surface area contributed by atoms with Crippen LogP contribution >= 0.6 is 0 Å². The van der Waals surface area contributed by atoms with Crippen molar-refractivity contribution < 1.29 is 22.4 Å². The molecule has 2 unspecified atom stereocenters. The van der Waals surface area contributed by atoms with Crippen molar-refractivity contribution in [2.45, 2.75) is 18.5 Å². The number of Topliss-reactive ketones (excluding diaryl/α,β-unsaturated/α-hetero) is 1. The lowest BCUT2D eigenvalue weighted by molar-refractivity contribution is -0.137. The minimum absolute atomic E-state index is 0.0586. The number of nitrogens with two attached hydrogens (primary N) is 1. The molecule has 4 rings (SSSR count). The first-order valence-corrected chi connectivity index (χ1v) is 8.44. The first-order chi connectivity index (χ1) is 12.8. The molecule has 2 aromatic carbocycles. The van der Waals surface area contributed by atoms with E-state index in [9.17, 15) is 22.4 Å². The fraction of sp³-hybridized carbons (Fsp3) is 0.190. The van der Waals surface area contributed by atoms with E-state index in [4.69, 9.17) is 5.73 Å². The van der Waals surface area contributed by atoms with E-state index >= 15 is 0 Å². The van der Waals surface area contributed by atoms with E-state index in [0.717, 1.165) is 12.1 Å². The van der Waals surface area contributed by atoms with E-state index in [0.29, 0.717) is 11.1 Å². The van der Waals surface area contributed by atoms with Crippen LogP contribution in [0.2, 0.25) is 0 Å². The number of fused-ring (bicyclic) bond motifs is 1. The molecule has 2 nitrogen and oxygen atoms in total. The number of ketones is 1. The van der Waals surface area contributed by atoms with Crippen molar-refractivity contribution in [1.29, 1.82) is 0 Å². The van der Waals surface area contributed by atoms with Gasteiger partial charge in [-0.3, -0.25) is 4.79 Å². The zero-order chi connectivity index (χ0) is 19.3. The Hall–Kier alpha value is -2.89. The average molecular weight is 373 g/mol. The second-order valence-electron chi connectivity index (χ2n) is 6.79. The first kappa shape index (κ1) is 17.5. The molecule has 0 saturated heterocycles. The van der Waals surface area contributed by atoms with Gasteiger partial charge in [-0.2, -0.15) is 13.2 Å². The summed E-state index contributed by atoms with van der Waals surface area (Å²) in [6, 6.07) is 11.6. The molecule has 138 valence electrons. The lowest BCUT2D eigenvalue weighted by Gasteiger charge is -2.19. The van der Waals surface area contributed by atoms with Crippen LogP contribution < -0.4 is 5.73 Å². The predicted molar refractivity (Wildman–Crippen MR) is 93.9 cm³/mol. The quantitative estimate of drug-likeness (QED) is 0.747. The van der Waals surface area contributed by atoms with Crippen LogP contribution in [0, 0.1) is 5.92 Å². The van der Waals surface area contributed by atoms with Crippen LogP contribution in [0.5, 0.6) is 0 Å². The fourth-order valence-electron chi connectivity index (χ4n) is 3.94. The molecule has 2 atom stereocenters. The van der Waals surface area contributed by atoms with E-state index in [1.807, 2.05) is 0 Å². The van der Waals surface area contributed by atoms with E-state index < -0.39 is 35.2 Å². The van der Waals surface area contributed by atoms with Crippen molar-refractivity contribution in [2.75, 3.05) is 0 Å². The summed E-state index contributed by atoms with van der Waals surface area (Å²) in [6.45, 7) is 0. The van der Waals surface area contributed by atoms with Gasteiger partial charge in [-0.1, -0.05) is 36.4 Å². The van der Waals surface area contributed by atoms with Gasteiger partial charge in [0.1, 0.15) is 5.83 Å². The Kier molecular flexibility index (Phi) is 3.94. The maximum atomic E-state index is 14.6. The normalized spacial score (nSPS) is 22.2. The number of carbonyl (C=O) groups excluding carboxylic acids is 1. The standard InChI is InChI=1S/C21H15F4NO/c22-16-9-11-4-1-2-7-14(11)19(16)15-10-17(26)18(20(15)27)12-5-3-6-13(8-12)21(23,24)25/h1-9,15,19H,10,26H2. The summed E-state index contributed by atoms with van der Waals surface area (Å²) < 4.78 is 53.6. The van der Waals surface area contributed by atoms with Crippen LogP contribution in [-0.4, -0.2) is 5.78 Å². The van der Waals surface area contributed by atoms with Crippen LogP contribution in [0.4, 0.5) is 17.6 Å². The van der Waals surface area contributed by atoms with E-state index in [-0.39, 0.29) is 23.3 Å². The van der Waals surface area contributed by atoms with E-state index in [1.54, 1.807) is 24.3 Å². The highest BCUT2D eigenvalue weighted by Gasteiger charge is 2.43. The molecule has 0 amide bonds. The molecule has 0 aromatic heterocycles. The van der Waals surface area contributed by atoms with Gasteiger partial charge < -0.3 is 5.73 Å². The topological polar surface area (TPSA) is 43.1 Å². The molecule has 2 aliphatic rings. The second kappa shape index (κ2) is 6.08. The molecule has 0 aliphatic heterocycles. The number of allylic oxidation sites excluding steroid dienone is 3. The van der Waals surface area contributed by atoms with Crippen molar-refractivity contribution in [3.63, 3.8) is 0 Å². The molecule has 27 heavy (non-hydrogen) atoms. The SMILES string of the molecule is NC1=C(c2cccc(C(F)(F)F)c2)C(=O)C(C2C(F)=Cc3ccccc32)C1. The van der Waals surface area contributed by atoms with Crippen LogP contribution in [-0.2, 0) is 11.0 Å². The van der Waals surface area contributed by atoms with Crippen molar-refractivity contribution >= 4 is 17.4 Å². The minimum atomic E-state index is -4.52. The number of alkyl halides is 3. The maximum absolute atomic E-state index is 14.6. The highest BCUT2D eigenvalue weighted by atomic mass is 19.4. The van der Waals surface area contributed by atoms with Gasteiger partial charge in [0.25, 0.3) is 0 Å². The molecule has 0 spiro atoms. The zero-order valence-corrected chi connectivity index (χ0v) is 14.1. The zero-order valence-electron chi connectivity index (χ0n) is 14.1. The minimum Gasteiger partial charge on any atom is -0.401 e. The number of hydrogen-bond donors (Lipinski definition) is 1. The van der Waals surface area contributed by atoms with Crippen LogP contribution in [0.3, 0.4) is 0 Å². The lowest BCUT2D eigenvalue weighted by Crippen LogP contribution is -2.19. The van der Waals surface area contributed by atoms with Gasteiger partial charge >= 0.3 is 6.18 Å². The second-order valence-corrected chi connectivity index (χ2v) is 6.79. The Bertz CT molecular complexity index is 1000. The molecule has 0 radical (unpaired) electrons. The maximum Gasteiger partial charge on any atom is 0.416 e. The van der Waals surface area contributed by atoms with E-state index in [1.165, 1.54) is 18.2 Å². The Morgan fingerprint density at radius 3 is 2.52 bits per heavy atom. The number of hydrogen-bond acceptors (Lipinski definition) is 2. The van der Waals surface area contributed by atoms with Gasteiger partial charge in [0.05, 0.1) is 5.56 Å². The van der Waals surface area contributed by atoms with Crippen molar-refractivity contribution in [3.05, 3.63) is 82.3 Å². The molecule has 2 aromatic rings. The molecular weight excluding hydrogens is 358 g/mol. The molecule has 2 aliphatic carbocycles. The largest absolute Gasteiger partial charge is 0.416 e. The van der Waals surface area contributed by atoms with Crippen LogP contribution in [0.15, 0.2) is 60.1 Å². The Balaban J connectivity index is 1.70. The summed E-state index contributed by atoms with van der Waals surface area (Å²) in [5.41, 5.74) is 6.95. The lowest BCUT2D eigenvalue weighted by atomic mass is 9.83. The van der Waals surface area contributed by atoms with E-state index in [2.05, 4.69) is 0 Å². The summed E-state index contributed by atoms with van der Waals surface area (Å²) in [5.74, 6) is -2.35. The summed E-state index contributed by atoms with van der Waals surface area (Å²) in [4.78, 5) is 13.0. The monoisotopic (exact) mass is 373 g/mol. The molecule has 0 fully saturated rings.